The van der Waals surface area contributed by atoms with Crippen LogP contribution in [-0.4, -0.2) is 75.5 Å². The first-order valence-corrected chi connectivity index (χ1v) is 29.1. The van der Waals surface area contributed by atoms with Gasteiger partial charge in [0, 0.05) is 19.3 Å². The first-order chi connectivity index (χ1) is 32.1. The van der Waals surface area contributed by atoms with Crippen molar-refractivity contribution in [2.45, 2.75) is 315 Å². The van der Waals surface area contributed by atoms with Crippen molar-refractivity contribution in [3.05, 3.63) is 0 Å². The van der Waals surface area contributed by atoms with E-state index in [1.54, 1.807) is 0 Å². The van der Waals surface area contributed by atoms with Crippen molar-refractivity contribution in [3.63, 3.8) is 0 Å². The van der Waals surface area contributed by atoms with Crippen LogP contribution in [0.25, 0.3) is 0 Å². The molecule has 0 spiro atoms. The van der Waals surface area contributed by atoms with Crippen molar-refractivity contribution in [3.8, 4) is 0 Å². The van der Waals surface area contributed by atoms with E-state index in [2.05, 4.69) is 13.8 Å². The predicted octanol–water partition coefficient (Wildman–Crippen LogP) is 15.9. The Morgan fingerprint density at radius 3 is 0.939 bits per heavy atom. The number of ether oxygens (including phenoxy) is 3. The van der Waals surface area contributed by atoms with Gasteiger partial charge in [-0.25, -0.2) is 0 Å². The summed E-state index contributed by atoms with van der Waals surface area (Å²) in [5.41, 5.74) is 0. The van der Waals surface area contributed by atoms with Gasteiger partial charge in [-0.15, -0.1) is 0 Å². The third-order valence-corrected chi connectivity index (χ3v) is 13.7. The number of aliphatic carboxylic acids is 1. The van der Waals surface area contributed by atoms with Gasteiger partial charge < -0.3 is 28.6 Å². The molecular formula is C58H113NO7. The highest BCUT2D eigenvalue weighted by Gasteiger charge is 2.25. The highest BCUT2D eigenvalue weighted by Crippen LogP contribution is 2.18. The Hall–Kier alpha value is -1.67. The molecule has 0 aliphatic heterocycles. The molecule has 0 aliphatic carbocycles. The second kappa shape index (κ2) is 49.7. The first-order valence-electron chi connectivity index (χ1n) is 29.1. The average Bonchev–Trinajstić information content (AvgIpc) is 3.28. The van der Waals surface area contributed by atoms with Gasteiger partial charge in [0.2, 0.25) is 0 Å². The maximum atomic E-state index is 12.8. The third-order valence-electron chi connectivity index (χ3n) is 13.7. The second-order valence-corrected chi connectivity index (χ2v) is 21.3. The van der Waals surface area contributed by atoms with Crippen LogP contribution in [0.5, 0.6) is 0 Å². The van der Waals surface area contributed by atoms with Crippen molar-refractivity contribution in [1.82, 2.24) is 0 Å². The van der Waals surface area contributed by atoms with Gasteiger partial charge >= 0.3 is 11.9 Å². The minimum Gasteiger partial charge on any atom is -0.544 e. The zero-order chi connectivity index (χ0) is 48.4. The highest BCUT2D eigenvalue weighted by molar-refractivity contribution is 5.70. The van der Waals surface area contributed by atoms with E-state index in [1.807, 2.05) is 21.1 Å². The monoisotopic (exact) mass is 936 g/mol. The number of carbonyl (C=O) groups excluding carboxylic acids is 3. The molecule has 0 bridgehead atoms. The molecule has 8 nitrogen and oxygen atoms in total. The topological polar surface area (TPSA) is 102 Å². The zero-order valence-corrected chi connectivity index (χ0v) is 44.9. The second-order valence-electron chi connectivity index (χ2n) is 21.3. The molecule has 0 N–H and O–H groups in total. The fourth-order valence-corrected chi connectivity index (χ4v) is 9.25. The van der Waals surface area contributed by atoms with E-state index in [0.717, 1.165) is 38.5 Å². The highest BCUT2D eigenvalue weighted by atomic mass is 16.6. The Labute approximate surface area is 410 Å². The van der Waals surface area contributed by atoms with Crippen molar-refractivity contribution in [2.75, 3.05) is 41.0 Å². The van der Waals surface area contributed by atoms with Crippen molar-refractivity contribution in [2.24, 2.45) is 0 Å². The van der Waals surface area contributed by atoms with E-state index in [9.17, 15) is 19.5 Å². The number of unbranched alkanes of at least 4 members (excludes halogenated alkanes) is 40. The molecular weight excluding hydrogens is 823 g/mol. The summed E-state index contributed by atoms with van der Waals surface area (Å²) in [4.78, 5) is 37.2. The van der Waals surface area contributed by atoms with Crippen LogP contribution in [-0.2, 0) is 28.6 Å². The third kappa shape index (κ3) is 47.4. The minimum absolute atomic E-state index is 0.0502. The van der Waals surface area contributed by atoms with Gasteiger partial charge in [0.25, 0.3) is 0 Å². The van der Waals surface area contributed by atoms with Crippen LogP contribution in [0.3, 0.4) is 0 Å². The quantitative estimate of drug-likeness (QED) is 0.0340. The van der Waals surface area contributed by atoms with Gasteiger partial charge in [0.05, 0.1) is 40.3 Å². The van der Waals surface area contributed by atoms with Crippen LogP contribution >= 0.6 is 0 Å². The lowest BCUT2D eigenvalue weighted by Crippen LogP contribution is -2.55. The molecule has 0 rings (SSSR count). The van der Waals surface area contributed by atoms with E-state index in [0.29, 0.717) is 12.8 Å². The summed E-state index contributed by atoms with van der Waals surface area (Å²) in [6, 6.07) is -0.721. The van der Waals surface area contributed by atoms with Gasteiger partial charge in [0.15, 0.2) is 6.10 Å². The fourth-order valence-electron chi connectivity index (χ4n) is 9.25. The molecule has 2 atom stereocenters. The van der Waals surface area contributed by atoms with E-state index < -0.39 is 18.1 Å². The van der Waals surface area contributed by atoms with Gasteiger partial charge in [-0.1, -0.05) is 271 Å². The fraction of sp³-hybridized carbons (Fsp3) is 0.948. The Kier molecular flexibility index (Phi) is 48.5. The van der Waals surface area contributed by atoms with Crippen LogP contribution in [0, 0.1) is 0 Å². The molecule has 0 aromatic heterocycles. The number of nitrogens with zero attached hydrogens (tertiary/aromatic N) is 1. The molecule has 392 valence electrons. The number of hydrogen-bond donors (Lipinski definition) is 0. The lowest BCUT2D eigenvalue weighted by Gasteiger charge is -2.34. The van der Waals surface area contributed by atoms with E-state index >= 15 is 0 Å². The number of quaternary nitrogens is 1. The van der Waals surface area contributed by atoms with Gasteiger partial charge in [-0.2, -0.15) is 0 Å². The largest absolute Gasteiger partial charge is 0.544 e. The minimum atomic E-state index is -1.12. The zero-order valence-electron chi connectivity index (χ0n) is 44.9. The maximum absolute atomic E-state index is 12.8. The van der Waals surface area contributed by atoms with Gasteiger partial charge in [-0.05, 0) is 12.8 Å². The molecule has 66 heavy (non-hydrogen) atoms. The Bertz CT molecular complexity index is 1050. The SMILES string of the molecule is CCCCCCCCCCCCCCCCCCCCCCCC(=O)OCC(COCCC(C(=O)[O-])[N+](C)(C)C)OC(=O)CCCCCCCCCCCCCCCCCCCCCCC. The Morgan fingerprint density at radius 2 is 0.667 bits per heavy atom. The number of carbonyl (C=O) groups is 3. The smallest absolute Gasteiger partial charge is 0.306 e. The van der Waals surface area contributed by atoms with E-state index in [-0.39, 0.29) is 42.7 Å². The summed E-state index contributed by atoms with van der Waals surface area (Å²) in [7, 11) is 5.44. The summed E-state index contributed by atoms with van der Waals surface area (Å²) >= 11 is 0. The van der Waals surface area contributed by atoms with Crippen molar-refractivity contribution in [1.29, 1.82) is 0 Å². The Morgan fingerprint density at radius 1 is 0.394 bits per heavy atom. The van der Waals surface area contributed by atoms with E-state index in [1.165, 1.54) is 231 Å². The molecule has 0 saturated heterocycles. The summed E-state index contributed by atoms with van der Waals surface area (Å²) in [5.74, 6) is -1.70. The van der Waals surface area contributed by atoms with Crippen molar-refractivity contribution >= 4 is 17.9 Å². The van der Waals surface area contributed by atoms with Gasteiger partial charge in [0.1, 0.15) is 12.6 Å². The molecule has 0 amide bonds. The lowest BCUT2D eigenvalue weighted by molar-refractivity contribution is -0.889. The molecule has 0 radical (unpaired) electrons. The van der Waals surface area contributed by atoms with Crippen LogP contribution in [0.4, 0.5) is 0 Å². The van der Waals surface area contributed by atoms with Crippen molar-refractivity contribution < 1.29 is 38.2 Å². The summed E-state index contributed by atoms with van der Waals surface area (Å²) in [6.07, 6.45) is 55.7. The Balaban J connectivity index is 4.10. The predicted molar refractivity (Wildman–Crippen MR) is 278 cm³/mol. The molecule has 0 aromatic rings. The average molecular weight is 937 g/mol. The summed E-state index contributed by atoms with van der Waals surface area (Å²) in [6.45, 7) is 4.74. The van der Waals surface area contributed by atoms with E-state index in [4.69, 9.17) is 14.2 Å². The summed E-state index contributed by atoms with van der Waals surface area (Å²) < 4.78 is 17.3. The van der Waals surface area contributed by atoms with Crippen LogP contribution in [0.2, 0.25) is 0 Å². The normalized spacial score (nSPS) is 12.7. The molecule has 8 heteroatoms. The van der Waals surface area contributed by atoms with Crippen LogP contribution in [0.1, 0.15) is 303 Å². The number of carboxylic acid groups (broad SMARTS) is 1. The number of carboxylic acids is 1. The number of likely N-dealkylation sites (N-methyl/N-ethyl adjacent to an activating group) is 1. The molecule has 0 aliphatic rings. The lowest BCUT2D eigenvalue weighted by atomic mass is 10.0. The standard InChI is InChI=1S/C58H113NO7/c1-6-8-10-12-14-16-18-20-22-24-26-28-30-32-34-36-38-40-42-44-46-48-56(60)65-53-54(52-64-51-50-55(58(62)63)59(3,4)5)66-57(61)49-47-45-43-41-39-37-35-33-31-29-27-25-23-21-19-17-15-13-11-9-7-2/h54-55H,6-53H2,1-5H3. The molecule has 0 heterocycles. The molecule has 0 saturated carbocycles. The summed E-state index contributed by atoms with van der Waals surface area (Å²) in [5, 5.41) is 11.7. The number of esters is 2. The molecule has 0 fully saturated rings. The number of hydrogen-bond acceptors (Lipinski definition) is 7. The molecule has 2 unspecified atom stereocenters. The van der Waals surface area contributed by atoms with Gasteiger partial charge in [-0.3, -0.25) is 9.59 Å². The molecule has 0 aromatic carbocycles. The number of rotatable bonds is 54. The van der Waals surface area contributed by atoms with Crippen LogP contribution < -0.4 is 5.11 Å². The van der Waals surface area contributed by atoms with Crippen LogP contribution in [0.15, 0.2) is 0 Å². The first kappa shape index (κ1) is 64.3. The maximum Gasteiger partial charge on any atom is 0.306 e.